The molecule has 1 rings (SSSR count). The van der Waals surface area contributed by atoms with Crippen molar-refractivity contribution in [1.29, 1.82) is 0 Å². The SMILES string of the molecule is Cc1cc(C)c(C)c(S(=O)(=O)N(C)CC(=O)O)c1C. The Bertz CT molecular complexity index is 594. The Morgan fingerprint density at radius 1 is 1.16 bits per heavy atom. The molecule has 0 atom stereocenters. The predicted octanol–water partition coefficient (Wildman–Crippen LogP) is 1.63. The summed E-state index contributed by atoms with van der Waals surface area (Å²) in [7, 11) is -2.51. The van der Waals surface area contributed by atoms with E-state index in [1.807, 2.05) is 19.9 Å². The van der Waals surface area contributed by atoms with Crippen LogP contribution < -0.4 is 0 Å². The molecule has 1 N–H and O–H groups in total. The van der Waals surface area contributed by atoms with Crippen molar-refractivity contribution in [3.8, 4) is 0 Å². The van der Waals surface area contributed by atoms with Crippen LogP contribution in [0, 0.1) is 27.7 Å². The van der Waals surface area contributed by atoms with E-state index >= 15 is 0 Å². The number of carbonyl (C=O) groups is 1. The molecule has 0 saturated carbocycles. The first kappa shape index (κ1) is 15.7. The third-order valence-corrected chi connectivity index (χ3v) is 5.40. The fraction of sp³-hybridized carbons (Fsp3) is 0.462. The first-order chi connectivity index (χ1) is 8.59. The van der Waals surface area contributed by atoms with E-state index in [0.717, 1.165) is 15.4 Å². The van der Waals surface area contributed by atoms with Gasteiger partial charge in [0.25, 0.3) is 0 Å². The molecular formula is C13H19NO4S. The summed E-state index contributed by atoms with van der Waals surface area (Å²) in [6, 6.07) is 1.93. The minimum Gasteiger partial charge on any atom is -0.480 e. The summed E-state index contributed by atoms with van der Waals surface area (Å²) in [5.41, 5.74) is 3.09. The minimum atomic E-state index is -3.79. The van der Waals surface area contributed by atoms with Gasteiger partial charge in [0.1, 0.15) is 6.54 Å². The average Bonchev–Trinajstić information content (AvgIpc) is 2.25. The van der Waals surface area contributed by atoms with Crippen molar-refractivity contribution in [3.05, 3.63) is 28.3 Å². The summed E-state index contributed by atoms with van der Waals surface area (Å²) >= 11 is 0. The van der Waals surface area contributed by atoms with E-state index in [1.165, 1.54) is 7.05 Å². The highest BCUT2D eigenvalue weighted by molar-refractivity contribution is 7.89. The highest BCUT2D eigenvalue weighted by Gasteiger charge is 2.27. The Balaban J connectivity index is 3.49. The maximum atomic E-state index is 12.5. The van der Waals surface area contributed by atoms with Gasteiger partial charge < -0.3 is 5.11 Å². The molecule has 106 valence electrons. The Kier molecular flexibility index (Phi) is 4.37. The first-order valence-electron chi connectivity index (χ1n) is 5.84. The third kappa shape index (κ3) is 2.96. The molecule has 1 aromatic rings. The molecule has 0 unspecified atom stereocenters. The highest BCUT2D eigenvalue weighted by Crippen LogP contribution is 2.28. The van der Waals surface area contributed by atoms with Gasteiger partial charge in [-0.15, -0.1) is 0 Å². The van der Waals surface area contributed by atoms with Crippen LogP contribution in [0.25, 0.3) is 0 Å². The van der Waals surface area contributed by atoms with Crippen LogP contribution in [0.1, 0.15) is 22.3 Å². The van der Waals surface area contributed by atoms with E-state index in [-0.39, 0.29) is 4.90 Å². The van der Waals surface area contributed by atoms with E-state index in [9.17, 15) is 13.2 Å². The number of aryl methyl sites for hydroxylation is 2. The van der Waals surface area contributed by atoms with Crippen LogP contribution >= 0.6 is 0 Å². The van der Waals surface area contributed by atoms with Crippen molar-refractivity contribution >= 4 is 16.0 Å². The molecule has 0 aliphatic heterocycles. The van der Waals surface area contributed by atoms with Crippen molar-refractivity contribution in [2.75, 3.05) is 13.6 Å². The zero-order valence-electron chi connectivity index (χ0n) is 11.8. The van der Waals surface area contributed by atoms with E-state index in [1.54, 1.807) is 13.8 Å². The lowest BCUT2D eigenvalue weighted by Gasteiger charge is -2.20. The largest absolute Gasteiger partial charge is 0.480 e. The first-order valence-corrected chi connectivity index (χ1v) is 7.28. The number of nitrogens with zero attached hydrogens (tertiary/aromatic N) is 1. The van der Waals surface area contributed by atoms with Crippen molar-refractivity contribution < 1.29 is 18.3 Å². The van der Waals surface area contributed by atoms with Gasteiger partial charge in [0.2, 0.25) is 10.0 Å². The molecular weight excluding hydrogens is 266 g/mol. The molecule has 0 bridgehead atoms. The van der Waals surface area contributed by atoms with Gasteiger partial charge in [-0.1, -0.05) is 6.07 Å². The molecule has 0 amide bonds. The van der Waals surface area contributed by atoms with Gasteiger partial charge in [0, 0.05) is 7.05 Å². The van der Waals surface area contributed by atoms with Gasteiger partial charge in [0.15, 0.2) is 0 Å². The standard InChI is InChI=1S/C13H19NO4S/c1-8-6-9(2)11(4)13(10(8)3)19(17,18)14(5)7-12(15)16/h6H,7H2,1-5H3,(H,15,16). The van der Waals surface area contributed by atoms with Crippen LogP contribution in [0.5, 0.6) is 0 Å². The molecule has 5 nitrogen and oxygen atoms in total. The summed E-state index contributed by atoms with van der Waals surface area (Å²) < 4.78 is 25.8. The smallest absolute Gasteiger partial charge is 0.318 e. The number of carboxylic acids is 1. The monoisotopic (exact) mass is 285 g/mol. The molecule has 6 heteroatoms. The van der Waals surface area contributed by atoms with Crippen LogP contribution in [0.2, 0.25) is 0 Å². The van der Waals surface area contributed by atoms with Gasteiger partial charge in [-0.3, -0.25) is 4.79 Å². The number of rotatable bonds is 4. The zero-order valence-corrected chi connectivity index (χ0v) is 12.6. The molecule has 0 aliphatic carbocycles. The van der Waals surface area contributed by atoms with Crippen LogP contribution in [0.3, 0.4) is 0 Å². The molecule has 1 aromatic carbocycles. The van der Waals surface area contributed by atoms with Crippen LogP contribution in [0.15, 0.2) is 11.0 Å². The van der Waals surface area contributed by atoms with Gasteiger partial charge in [-0.2, -0.15) is 4.31 Å². The van der Waals surface area contributed by atoms with Gasteiger partial charge in [-0.05, 0) is 49.9 Å². The summed E-state index contributed by atoms with van der Waals surface area (Å²) in [5.74, 6) is -1.18. The lowest BCUT2D eigenvalue weighted by Crippen LogP contribution is -2.33. The quantitative estimate of drug-likeness (QED) is 0.912. The molecule has 19 heavy (non-hydrogen) atoms. The van der Waals surface area contributed by atoms with Gasteiger partial charge in [0.05, 0.1) is 4.90 Å². The van der Waals surface area contributed by atoms with Crippen LogP contribution in [0.4, 0.5) is 0 Å². The average molecular weight is 285 g/mol. The van der Waals surface area contributed by atoms with Gasteiger partial charge in [-0.25, -0.2) is 8.42 Å². The number of aliphatic carboxylic acids is 1. The maximum Gasteiger partial charge on any atom is 0.318 e. The van der Waals surface area contributed by atoms with Crippen molar-refractivity contribution in [3.63, 3.8) is 0 Å². The summed E-state index contributed by atoms with van der Waals surface area (Å²) in [5, 5.41) is 8.74. The molecule has 0 fully saturated rings. The molecule has 0 radical (unpaired) electrons. The lowest BCUT2D eigenvalue weighted by molar-refractivity contribution is -0.137. The number of likely N-dealkylation sites (N-methyl/N-ethyl adjacent to an activating group) is 1. The topological polar surface area (TPSA) is 74.7 Å². The predicted molar refractivity (Wildman–Crippen MR) is 72.8 cm³/mol. The Hall–Kier alpha value is -1.40. The number of sulfonamides is 1. The van der Waals surface area contributed by atoms with Crippen molar-refractivity contribution in [2.45, 2.75) is 32.6 Å². The zero-order chi connectivity index (χ0) is 15.0. The van der Waals surface area contributed by atoms with E-state index < -0.39 is 22.5 Å². The summed E-state index contributed by atoms with van der Waals surface area (Å²) in [6.07, 6.45) is 0. The molecule has 0 aromatic heterocycles. The fourth-order valence-corrected chi connectivity index (χ4v) is 3.69. The highest BCUT2D eigenvalue weighted by atomic mass is 32.2. The van der Waals surface area contributed by atoms with Crippen molar-refractivity contribution in [1.82, 2.24) is 4.31 Å². The number of hydrogen-bond acceptors (Lipinski definition) is 3. The second-order valence-corrected chi connectivity index (χ2v) is 6.73. The number of carboxylic acid groups (broad SMARTS) is 1. The Morgan fingerprint density at radius 2 is 1.58 bits per heavy atom. The molecule has 0 saturated heterocycles. The maximum absolute atomic E-state index is 12.5. The van der Waals surface area contributed by atoms with Crippen LogP contribution in [-0.4, -0.2) is 37.4 Å². The second-order valence-electron chi connectivity index (χ2n) is 4.74. The van der Waals surface area contributed by atoms with E-state index in [2.05, 4.69) is 0 Å². The third-order valence-electron chi connectivity index (χ3n) is 3.32. The number of benzene rings is 1. The second kappa shape index (κ2) is 5.30. The van der Waals surface area contributed by atoms with Crippen LogP contribution in [-0.2, 0) is 14.8 Å². The Labute approximate surface area is 113 Å². The lowest BCUT2D eigenvalue weighted by atomic mass is 10.0. The summed E-state index contributed by atoms with van der Waals surface area (Å²) in [6.45, 7) is 6.62. The van der Waals surface area contributed by atoms with E-state index in [4.69, 9.17) is 5.11 Å². The normalized spacial score (nSPS) is 11.9. The molecule has 0 heterocycles. The molecule has 0 aliphatic rings. The van der Waals surface area contributed by atoms with Crippen molar-refractivity contribution in [2.24, 2.45) is 0 Å². The Morgan fingerprint density at radius 3 is 1.95 bits per heavy atom. The van der Waals surface area contributed by atoms with E-state index in [0.29, 0.717) is 11.1 Å². The fourth-order valence-electron chi connectivity index (χ4n) is 2.00. The van der Waals surface area contributed by atoms with Gasteiger partial charge >= 0.3 is 5.97 Å². The number of hydrogen-bond donors (Lipinski definition) is 1. The summed E-state index contributed by atoms with van der Waals surface area (Å²) in [4.78, 5) is 10.9. The molecule has 0 spiro atoms. The minimum absolute atomic E-state index is 0.216.